The number of ether oxygens (including phenoxy) is 3. The molecule has 1 aliphatic heterocycles. The Hall–Kier alpha value is -3.65. The molecule has 164 valence electrons. The molecule has 1 aromatic heterocycles. The number of fused-ring (bicyclic) bond motifs is 1. The third kappa shape index (κ3) is 3.73. The predicted molar refractivity (Wildman–Crippen MR) is 122 cm³/mol. The van der Waals surface area contributed by atoms with Crippen molar-refractivity contribution in [1.82, 2.24) is 4.57 Å². The van der Waals surface area contributed by atoms with Crippen LogP contribution in [0, 0.1) is 0 Å². The zero-order valence-electron chi connectivity index (χ0n) is 18.1. The minimum Gasteiger partial charge on any atom is -0.497 e. The Morgan fingerprint density at radius 2 is 1.84 bits per heavy atom. The van der Waals surface area contributed by atoms with Crippen molar-refractivity contribution in [3.8, 4) is 11.5 Å². The first-order valence-electron chi connectivity index (χ1n) is 9.86. The number of benzene rings is 2. The number of hydrogen-bond acceptors (Lipinski definition) is 7. The Labute approximate surface area is 188 Å². The number of rotatable bonds is 5. The molecule has 0 N–H and O–H groups in total. The third-order valence-electron chi connectivity index (χ3n) is 5.27. The number of aromatic nitrogens is 1. The molecule has 0 spiro atoms. The predicted octanol–water partition coefficient (Wildman–Crippen LogP) is 2.43. The molecule has 0 aliphatic carbocycles. The van der Waals surface area contributed by atoms with Gasteiger partial charge in [0.25, 0.3) is 5.56 Å². The lowest BCUT2D eigenvalue weighted by Gasteiger charge is -2.24. The van der Waals surface area contributed by atoms with Crippen LogP contribution in [-0.4, -0.2) is 31.9 Å². The lowest BCUT2D eigenvalue weighted by atomic mass is 9.96. The molecule has 2 heterocycles. The van der Waals surface area contributed by atoms with Gasteiger partial charge in [0.2, 0.25) is 0 Å². The van der Waals surface area contributed by atoms with Crippen molar-refractivity contribution in [3.05, 3.63) is 90.6 Å². The van der Waals surface area contributed by atoms with Crippen molar-refractivity contribution >= 4 is 23.4 Å². The molecular formula is C24H22N2O5S. The van der Waals surface area contributed by atoms with Gasteiger partial charge in [0.1, 0.15) is 11.5 Å². The summed E-state index contributed by atoms with van der Waals surface area (Å²) in [4.78, 5) is 31.2. The van der Waals surface area contributed by atoms with E-state index in [4.69, 9.17) is 14.2 Å². The van der Waals surface area contributed by atoms with E-state index < -0.39 is 12.0 Å². The molecule has 0 saturated heterocycles. The van der Waals surface area contributed by atoms with E-state index in [2.05, 4.69) is 4.99 Å². The van der Waals surface area contributed by atoms with E-state index in [0.717, 1.165) is 11.1 Å². The van der Waals surface area contributed by atoms with Gasteiger partial charge < -0.3 is 14.2 Å². The summed E-state index contributed by atoms with van der Waals surface area (Å²) in [6, 6.07) is 14.2. The molecule has 1 aliphatic rings. The van der Waals surface area contributed by atoms with Crippen molar-refractivity contribution in [3.63, 3.8) is 0 Å². The van der Waals surface area contributed by atoms with Crippen LogP contribution in [-0.2, 0) is 9.53 Å². The highest BCUT2D eigenvalue weighted by Gasteiger charge is 2.32. The number of esters is 1. The fraction of sp³-hybridized carbons (Fsp3) is 0.208. The van der Waals surface area contributed by atoms with Gasteiger partial charge in [0.05, 0.1) is 43.2 Å². The van der Waals surface area contributed by atoms with E-state index in [1.807, 2.05) is 36.4 Å². The molecule has 0 bridgehead atoms. The van der Waals surface area contributed by atoms with Crippen LogP contribution in [0.4, 0.5) is 0 Å². The summed E-state index contributed by atoms with van der Waals surface area (Å²) in [7, 11) is 4.47. The lowest BCUT2D eigenvalue weighted by Crippen LogP contribution is -2.39. The summed E-state index contributed by atoms with van der Waals surface area (Å²) < 4.78 is 17.8. The van der Waals surface area contributed by atoms with E-state index in [1.165, 1.54) is 18.4 Å². The third-order valence-corrected chi connectivity index (χ3v) is 6.25. The van der Waals surface area contributed by atoms with Gasteiger partial charge in [-0.25, -0.2) is 9.79 Å². The molecule has 0 radical (unpaired) electrons. The van der Waals surface area contributed by atoms with Crippen molar-refractivity contribution in [2.45, 2.75) is 13.0 Å². The number of nitrogens with zero attached hydrogens (tertiary/aromatic N) is 2. The van der Waals surface area contributed by atoms with Crippen LogP contribution >= 0.6 is 11.3 Å². The summed E-state index contributed by atoms with van der Waals surface area (Å²) in [6.07, 6.45) is 1.77. The zero-order valence-corrected chi connectivity index (χ0v) is 18.9. The average molecular weight is 451 g/mol. The molecule has 2 aromatic carbocycles. The summed E-state index contributed by atoms with van der Waals surface area (Å²) >= 11 is 1.26. The molecule has 1 unspecified atom stereocenters. The fourth-order valence-electron chi connectivity index (χ4n) is 3.72. The Morgan fingerprint density at radius 1 is 1.09 bits per heavy atom. The lowest BCUT2D eigenvalue weighted by molar-refractivity contribution is -0.136. The van der Waals surface area contributed by atoms with Crippen LogP contribution in [0.2, 0.25) is 0 Å². The van der Waals surface area contributed by atoms with Crippen LogP contribution in [0.1, 0.15) is 24.1 Å². The first-order valence-corrected chi connectivity index (χ1v) is 10.7. The van der Waals surface area contributed by atoms with Gasteiger partial charge in [-0.2, -0.15) is 0 Å². The van der Waals surface area contributed by atoms with Crippen molar-refractivity contribution in [2.75, 3.05) is 21.3 Å². The van der Waals surface area contributed by atoms with Gasteiger partial charge in [-0.15, -0.1) is 0 Å². The number of allylic oxidation sites excluding steroid dienone is 1. The average Bonchev–Trinajstić information content (AvgIpc) is 3.12. The van der Waals surface area contributed by atoms with Gasteiger partial charge in [0, 0.05) is 11.6 Å². The molecule has 0 amide bonds. The van der Waals surface area contributed by atoms with Crippen molar-refractivity contribution < 1.29 is 19.0 Å². The van der Waals surface area contributed by atoms with Crippen LogP contribution in [0.5, 0.6) is 11.5 Å². The van der Waals surface area contributed by atoms with E-state index in [9.17, 15) is 9.59 Å². The minimum absolute atomic E-state index is 0.241. The Bertz CT molecular complexity index is 1390. The first kappa shape index (κ1) is 21.6. The smallest absolute Gasteiger partial charge is 0.338 e. The normalized spacial score (nSPS) is 15.8. The largest absolute Gasteiger partial charge is 0.497 e. The molecule has 8 heteroatoms. The summed E-state index contributed by atoms with van der Waals surface area (Å²) in [5.41, 5.74) is 2.17. The van der Waals surface area contributed by atoms with Crippen molar-refractivity contribution in [1.29, 1.82) is 0 Å². The molecule has 3 aromatic rings. The minimum atomic E-state index is -0.625. The van der Waals surface area contributed by atoms with Gasteiger partial charge in [-0.3, -0.25) is 9.36 Å². The molecular weight excluding hydrogens is 428 g/mol. The van der Waals surface area contributed by atoms with E-state index in [1.54, 1.807) is 43.9 Å². The number of carbonyl (C=O) groups is 1. The standard InChI is InChI=1S/C24H22N2O5S/c1-14-20(23(28)31-4)21(15-8-6-5-7-9-15)26-22(27)19(32-24(26)25-14)12-16-10-11-17(29-2)13-18(16)30-3/h5-13,21H,1-4H3/b19-12-. The second-order valence-electron chi connectivity index (χ2n) is 7.09. The monoisotopic (exact) mass is 450 g/mol. The van der Waals surface area contributed by atoms with Gasteiger partial charge >= 0.3 is 5.97 Å². The number of hydrogen-bond donors (Lipinski definition) is 0. The van der Waals surface area contributed by atoms with Crippen LogP contribution < -0.4 is 24.4 Å². The Kier molecular flexibility index (Phi) is 5.96. The maximum atomic E-state index is 13.5. The highest BCUT2D eigenvalue weighted by atomic mass is 32.1. The highest BCUT2D eigenvalue weighted by Crippen LogP contribution is 2.30. The number of carbonyl (C=O) groups excluding carboxylic acids is 1. The van der Waals surface area contributed by atoms with Crippen LogP contribution in [0.3, 0.4) is 0 Å². The molecule has 7 nitrogen and oxygen atoms in total. The number of thiazole rings is 1. The quantitative estimate of drug-likeness (QED) is 0.558. The molecule has 4 rings (SSSR count). The maximum Gasteiger partial charge on any atom is 0.338 e. The zero-order chi connectivity index (χ0) is 22.8. The van der Waals surface area contributed by atoms with Gasteiger partial charge in [-0.05, 0) is 30.7 Å². The SMILES string of the molecule is COC(=O)C1=C(C)N=c2s/c(=C\c3ccc(OC)cc3OC)c(=O)n2C1c1ccccc1. The Morgan fingerprint density at radius 3 is 2.50 bits per heavy atom. The first-order chi connectivity index (χ1) is 15.5. The highest BCUT2D eigenvalue weighted by molar-refractivity contribution is 7.07. The fourth-order valence-corrected chi connectivity index (χ4v) is 4.76. The molecule has 32 heavy (non-hydrogen) atoms. The molecule has 1 atom stereocenters. The van der Waals surface area contributed by atoms with E-state index >= 15 is 0 Å². The topological polar surface area (TPSA) is 79.1 Å². The van der Waals surface area contributed by atoms with Crippen LogP contribution in [0.25, 0.3) is 6.08 Å². The number of methoxy groups -OCH3 is 3. The summed E-state index contributed by atoms with van der Waals surface area (Å²) in [5, 5.41) is 0. The Balaban J connectivity index is 1.96. The molecule has 0 fully saturated rings. The van der Waals surface area contributed by atoms with E-state index in [0.29, 0.717) is 32.1 Å². The second kappa shape index (κ2) is 8.84. The van der Waals surface area contributed by atoms with E-state index in [-0.39, 0.29) is 5.56 Å². The summed E-state index contributed by atoms with van der Waals surface area (Å²) in [5.74, 6) is 0.732. The van der Waals surface area contributed by atoms with Gasteiger partial charge in [0.15, 0.2) is 4.80 Å². The van der Waals surface area contributed by atoms with Crippen LogP contribution in [0.15, 0.2) is 69.6 Å². The second-order valence-corrected chi connectivity index (χ2v) is 8.10. The van der Waals surface area contributed by atoms with Crippen molar-refractivity contribution in [2.24, 2.45) is 4.99 Å². The van der Waals surface area contributed by atoms with Gasteiger partial charge in [-0.1, -0.05) is 41.7 Å². The summed E-state index contributed by atoms with van der Waals surface area (Å²) in [6.45, 7) is 1.76. The molecule has 0 saturated carbocycles. The maximum absolute atomic E-state index is 13.5.